The summed E-state index contributed by atoms with van der Waals surface area (Å²) < 4.78 is 2.61. The molecule has 0 unspecified atom stereocenters. The summed E-state index contributed by atoms with van der Waals surface area (Å²) >= 11 is 0. The first-order chi connectivity index (χ1) is 21.7. The fourth-order valence-electron chi connectivity index (χ4n) is 4.87. The van der Waals surface area contributed by atoms with Crippen LogP contribution in [0.5, 0.6) is 0 Å². The van der Waals surface area contributed by atoms with Crippen LogP contribution in [0.25, 0.3) is 0 Å². The van der Waals surface area contributed by atoms with Crippen molar-refractivity contribution in [2.24, 2.45) is 11.8 Å². The summed E-state index contributed by atoms with van der Waals surface area (Å²) in [5, 5.41) is 45.3. The highest BCUT2D eigenvalue weighted by Crippen LogP contribution is 2.20. The van der Waals surface area contributed by atoms with Gasteiger partial charge in [0.05, 0.1) is 25.5 Å². The summed E-state index contributed by atoms with van der Waals surface area (Å²) in [5.41, 5.74) is 0.557. The molecule has 0 saturated carbocycles. The lowest BCUT2D eigenvalue weighted by molar-refractivity contribution is -0.139. The molecule has 0 fully saturated rings. The van der Waals surface area contributed by atoms with Gasteiger partial charge in [0.15, 0.2) is 0 Å². The topological polar surface area (TPSA) is 252 Å². The van der Waals surface area contributed by atoms with E-state index in [-0.39, 0.29) is 62.0 Å². The Kier molecular flexibility index (Phi) is 12.7. The van der Waals surface area contributed by atoms with Crippen LogP contribution in [0, 0.1) is 11.8 Å². The maximum Gasteiger partial charge on any atom is 0.303 e. The SMILES string of the molecule is CC(C)C[C@@H]1C(=O)N[C@@H](CCC(=O)O)C(=O)NCc2cn(nn2)[C@H](CC(C)C)C(=O)N[C@@H](CCC(=O)O)C(=O)NCc2cn1nn2. The number of nitrogens with zero attached hydrogens (tertiary/aromatic N) is 6. The van der Waals surface area contributed by atoms with Crippen molar-refractivity contribution in [3.05, 3.63) is 23.8 Å². The van der Waals surface area contributed by atoms with E-state index >= 15 is 0 Å². The summed E-state index contributed by atoms with van der Waals surface area (Å²) in [7, 11) is 0. The molecule has 2 aromatic rings. The molecule has 3 heterocycles. The van der Waals surface area contributed by atoms with Gasteiger partial charge in [-0.15, -0.1) is 10.2 Å². The average molecular weight is 647 g/mol. The summed E-state index contributed by atoms with van der Waals surface area (Å²) in [4.78, 5) is 76.0. The first-order valence-corrected chi connectivity index (χ1v) is 15.1. The zero-order valence-corrected chi connectivity index (χ0v) is 26.3. The molecule has 252 valence electrons. The van der Waals surface area contributed by atoms with E-state index in [0.29, 0.717) is 12.8 Å². The predicted molar refractivity (Wildman–Crippen MR) is 158 cm³/mol. The lowest BCUT2D eigenvalue weighted by atomic mass is 10.0. The van der Waals surface area contributed by atoms with Crippen LogP contribution in [0.2, 0.25) is 0 Å². The van der Waals surface area contributed by atoms with Crippen molar-refractivity contribution in [3.8, 4) is 0 Å². The standard InChI is InChI=1S/C28H42N10O8/c1-15(2)9-21-27(45)31-19(5-7-23(39)40)25(43)30-12-18-14-38(36-34-18)22(10-16(3)4)28(46)32-20(6-8-24(41)42)26(44)29-11-17-13-37(21)35-33-17/h13-16,19-22H,5-12H2,1-4H3,(H,29,44)(H,30,43)(H,31,45)(H,32,46)(H,39,40)(H,41,42)/t19-,20-,21+,22+/m0/s1. The number of carbonyl (C=O) groups is 6. The van der Waals surface area contributed by atoms with Gasteiger partial charge in [-0.2, -0.15) is 0 Å². The van der Waals surface area contributed by atoms with E-state index < -0.39 is 59.7 Å². The molecule has 2 aromatic heterocycles. The molecule has 0 radical (unpaired) electrons. The van der Waals surface area contributed by atoms with Crippen molar-refractivity contribution < 1.29 is 39.0 Å². The van der Waals surface area contributed by atoms with Gasteiger partial charge in [0.2, 0.25) is 23.6 Å². The number of hydrogen-bond acceptors (Lipinski definition) is 10. The fraction of sp³-hybridized carbons (Fsp3) is 0.643. The summed E-state index contributed by atoms with van der Waals surface area (Å²) in [5.74, 6) is -4.68. The normalized spacial score (nSPS) is 21.7. The molecule has 4 amide bonds. The third kappa shape index (κ3) is 10.6. The van der Waals surface area contributed by atoms with Crippen LogP contribution >= 0.6 is 0 Å². The summed E-state index contributed by atoms with van der Waals surface area (Å²) in [6.07, 6.45) is 2.41. The van der Waals surface area contributed by atoms with Gasteiger partial charge < -0.3 is 31.5 Å². The highest BCUT2D eigenvalue weighted by Gasteiger charge is 2.31. The number of fused-ring (bicyclic) bond motifs is 4. The monoisotopic (exact) mass is 646 g/mol. The van der Waals surface area contributed by atoms with E-state index in [1.807, 2.05) is 27.7 Å². The second kappa shape index (κ2) is 16.4. The number of aliphatic carboxylic acids is 2. The van der Waals surface area contributed by atoms with Crippen LogP contribution in [-0.4, -0.2) is 87.9 Å². The van der Waals surface area contributed by atoms with Gasteiger partial charge >= 0.3 is 11.9 Å². The van der Waals surface area contributed by atoms with E-state index in [0.717, 1.165) is 0 Å². The first kappa shape index (κ1) is 35.6. The van der Waals surface area contributed by atoms with Crippen LogP contribution in [0.4, 0.5) is 0 Å². The Morgan fingerprint density at radius 1 is 0.717 bits per heavy atom. The highest BCUT2D eigenvalue weighted by molar-refractivity contribution is 5.90. The van der Waals surface area contributed by atoms with Crippen molar-refractivity contribution in [2.45, 2.75) is 103 Å². The maximum atomic E-state index is 13.5. The van der Waals surface area contributed by atoms with Gasteiger partial charge in [0, 0.05) is 12.8 Å². The Bertz CT molecular complexity index is 1300. The molecule has 4 atom stereocenters. The Balaban J connectivity index is 1.99. The van der Waals surface area contributed by atoms with Crippen molar-refractivity contribution in [2.75, 3.05) is 0 Å². The second-order valence-corrected chi connectivity index (χ2v) is 12.1. The molecule has 6 N–H and O–H groups in total. The molecule has 3 rings (SSSR count). The first-order valence-electron chi connectivity index (χ1n) is 15.1. The molecule has 18 nitrogen and oxygen atoms in total. The third-order valence-electron chi connectivity index (χ3n) is 7.20. The molecule has 1 aliphatic heterocycles. The second-order valence-electron chi connectivity index (χ2n) is 12.1. The number of amides is 4. The molecule has 1 aliphatic rings. The van der Waals surface area contributed by atoms with E-state index in [1.165, 1.54) is 21.8 Å². The summed E-state index contributed by atoms with van der Waals surface area (Å²) in [6, 6.07) is -4.21. The van der Waals surface area contributed by atoms with Crippen molar-refractivity contribution in [3.63, 3.8) is 0 Å². The zero-order valence-electron chi connectivity index (χ0n) is 26.3. The number of hydrogen-bond donors (Lipinski definition) is 6. The molecular formula is C28H42N10O8. The molecule has 0 aromatic carbocycles. The quantitative estimate of drug-likeness (QED) is 0.194. The van der Waals surface area contributed by atoms with Gasteiger partial charge in [0.25, 0.3) is 0 Å². The number of rotatable bonds is 10. The third-order valence-corrected chi connectivity index (χ3v) is 7.20. The van der Waals surface area contributed by atoms with Crippen molar-refractivity contribution in [1.82, 2.24) is 51.3 Å². The number of carboxylic acids is 2. The smallest absolute Gasteiger partial charge is 0.303 e. The molecule has 46 heavy (non-hydrogen) atoms. The fourth-order valence-corrected chi connectivity index (χ4v) is 4.87. The van der Waals surface area contributed by atoms with Crippen LogP contribution in [-0.2, 0) is 41.9 Å². The Hall–Kier alpha value is -4.90. The molecule has 4 bridgehead atoms. The lowest BCUT2D eigenvalue weighted by Gasteiger charge is -2.23. The summed E-state index contributed by atoms with van der Waals surface area (Å²) in [6.45, 7) is 7.28. The van der Waals surface area contributed by atoms with Gasteiger partial charge in [-0.25, -0.2) is 9.36 Å². The maximum absolute atomic E-state index is 13.5. The van der Waals surface area contributed by atoms with Crippen LogP contribution in [0.15, 0.2) is 12.4 Å². The van der Waals surface area contributed by atoms with Gasteiger partial charge in [0.1, 0.15) is 35.6 Å². The molecule has 0 saturated heterocycles. The predicted octanol–water partition coefficient (Wildman–Crippen LogP) is -0.311. The molecule has 0 aliphatic carbocycles. The number of aromatic nitrogens is 6. The van der Waals surface area contributed by atoms with Gasteiger partial charge in [-0.05, 0) is 37.5 Å². The number of carboxylic acid groups (broad SMARTS) is 2. The number of carbonyl (C=O) groups excluding carboxylic acids is 4. The van der Waals surface area contributed by atoms with Crippen LogP contribution in [0.3, 0.4) is 0 Å². The Morgan fingerprint density at radius 3 is 1.41 bits per heavy atom. The van der Waals surface area contributed by atoms with E-state index in [9.17, 15) is 39.0 Å². The minimum absolute atomic E-state index is 0.0145. The van der Waals surface area contributed by atoms with Crippen LogP contribution < -0.4 is 21.3 Å². The minimum Gasteiger partial charge on any atom is -0.481 e. The average Bonchev–Trinajstić information content (AvgIpc) is 3.65. The number of nitrogens with one attached hydrogen (secondary N) is 4. The van der Waals surface area contributed by atoms with E-state index in [4.69, 9.17) is 0 Å². The van der Waals surface area contributed by atoms with Crippen LogP contribution in [0.1, 0.15) is 89.7 Å². The van der Waals surface area contributed by atoms with E-state index in [2.05, 4.69) is 41.9 Å². The molecular weight excluding hydrogens is 604 g/mol. The van der Waals surface area contributed by atoms with Gasteiger partial charge in [-0.1, -0.05) is 38.1 Å². The van der Waals surface area contributed by atoms with Crippen molar-refractivity contribution in [1.29, 1.82) is 0 Å². The Labute approximate surface area is 265 Å². The Morgan fingerprint density at radius 2 is 1.09 bits per heavy atom. The molecule has 18 heteroatoms. The largest absolute Gasteiger partial charge is 0.481 e. The van der Waals surface area contributed by atoms with Gasteiger partial charge in [-0.3, -0.25) is 28.8 Å². The lowest BCUT2D eigenvalue weighted by Crippen LogP contribution is -2.49. The molecule has 0 spiro atoms. The van der Waals surface area contributed by atoms with Crippen molar-refractivity contribution >= 4 is 35.6 Å². The van der Waals surface area contributed by atoms with E-state index in [1.54, 1.807) is 0 Å². The zero-order chi connectivity index (χ0) is 34.0. The minimum atomic E-state index is -1.19. The highest BCUT2D eigenvalue weighted by atomic mass is 16.4.